The highest BCUT2D eigenvalue weighted by atomic mass is 16.3. The fraction of sp³-hybridized carbons (Fsp3) is 0.348. The molecule has 1 aromatic heterocycles. The van der Waals surface area contributed by atoms with Crippen LogP contribution in [0.5, 0.6) is 0 Å². The molecule has 1 fully saturated rings. The van der Waals surface area contributed by atoms with Crippen molar-refractivity contribution in [2.24, 2.45) is 0 Å². The van der Waals surface area contributed by atoms with E-state index in [1.807, 2.05) is 12.3 Å². The molecule has 1 N–H and O–H groups in total. The molecule has 2 heterocycles. The Kier molecular flexibility index (Phi) is 6.17. The van der Waals surface area contributed by atoms with Gasteiger partial charge in [0.15, 0.2) is 0 Å². The Morgan fingerprint density at radius 2 is 1.39 bits per heavy atom. The lowest BCUT2D eigenvalue weighted by atomic mass is 9.96. The predicted molar refractivity (Wildman–Crippen MR) is 111 cm³/mol. The molecule has 3 aromatic rings. The molecule has 4 rings (SSSR count). The summed E-state index contributed by atoms with van der Waals surface area (Å²) in [5.41, 5.74) is 2.67. The second-order valence-corrected chi connectivity index (χ2v) is 7.44. The smallest absolute Gasteiger partial charge is 0.0862 e. The third kappa shape index (κ3) is 4.68. The van der Waals surface area contributed by atoms with E-state index in [9.17, 15) is 5.11 Å². The van der Waals surface area contributed by atoms with Crippen LogP contribution in [0.2, 0.25) is 0 Å². The molecule has 28 heavy (non-hydrogen) atoms. The van der Waals surface area contributed by atoms with Crippen LogP contribution in [0.3, 0.4) is 0 Å². The first kappa shape index (κ1) is 18.9. The van der Waals surface area contributed by atoms with Crippen molar-refractivity contribution < 1.29 is 5.11 Å². The maximum Gasteiger partial charge on any atom is 0.0862 e. The monoisotopic (exact) mass is 376 g/mol. The number of nitrogens with zero attached hydrogens (tertiary/aromatic N) is 4. The topological polar surface area (TPSA) is 44.5 Å². The first-order valence-corrected chi connectivity index (χ1v) is 10.0. The number of rotatable bonds is 7. The van der Waals surface area contributed by atoms with E-state index in [4.69, 9.17) is 0 Å². The minimum absolute atomic E-state index is 0.276. The van der Waals surface area contributed by atoms with Gasteiger partial charge in [-0.2, -0.15) is 5.10 Å². The number of aliphatic hydroxyl groups is 1. The van der Waals surface area contributed by atoms with Gasteiger partial charge < -0.3 is 5.11 Å². The third-order valence-electron chi connectivity index (χ3n) is 5.43. The van der Waals surface area contributed by atoms with Gasteiger partial charge in [-0.3, -0.25) is 14.5 Å². The lowest BCUT2D eigenvalue weighted by Gasteiger charge is -2.40. The summed E-state index contributed by atoms with van der Waals surface area (Å²) in [7, 11) is 0. The van der Waals surface area contributed by atoms with Crippen LogP contribution < -0.4 is 0 Å². The number of aromatic nitrogens is 2. The van der Waals surface area contributed by atoms with Crippen LogP contribution in [0.1, 0.15) is 17.2 Å². The van der Waals surface area contributed by atoms with Crippen LogP contribution in [-0.4, -0.2) is 63.5 Å². The zero-order valence-electron chi connectivity index (χ0n) is 16.1. The van der Waals surface area contributed by atoms with Crippen molar-refractivity contribution in [3.8, 4) is 0 Å². The summed E-state index contributed by atoms with van der Waals surface area (Å²) < 4.78 is 1.79. The number of benzene rings is 2. The second kappa shape index (κ2) is 9.15. The van der Waals surface area contributed by atoms with Crippen molar-refractivity contribution in [2.75, 3.05) is 32.7 Å². The van der Waals surface area contributed by atoms with E-state index in [2.05, 4.69) is 75.6 Å². The van der Waals surface area contributed by atoms with Crippen molar-refractivity contribution in [2.45, 2.75) is 18.7 Å². The zero-order valence-corrected chi connectivity index (χ0v) is 16.1. The molecule has 1 aliphatic rings. The van der Waals surface area contributed by atoms with Gasteiger partial charge in [-0.15, -0.1) is 0 Å². The number of β-amino-alcohol motifs (C(OH)–C–C–N with tert-alkyl or cyclic N) is 1. The van der Waals surface area contributed by atoms with Gasteiger partial charge in [0.1, 0.15) is 0 Å². The fourth-order valence-corrected chi connectivity index (χ4v) is 4.07. The summed E-state index contributed by atoms with van der Waals surface area (Å²) >= 11 is 0. The van der Waals surface area contributed by atoms with E-state index in [1.54, 1.807) is 10.9 Å². The summed E-state index contributed by atoms with van der Waals surface area (Å²) in [6, 6.07) is 23.7. The first-order valence-electron chi connectivity index (χ1n) is 10.0. The van der Waals surface area contributed by atoms with E-state index < -0.39 is 6.10 Å². The van der Waals surface area contributed by atoms with E-state index >= 15 is 0 Å². The van der Waals surface area contributed by atoms with Gasteiger partial charge in [0, 0.05) is 45.1 Å². The van der Waals surface area contributed by atoms with Crippen LogP contribution >= 0.6 is 0 Å². The largest absolute Gasteiger partial charge is 0.390 e. The van der Waals surface area contributed by atoms with Gasteiger partial charge in [-0.1, -0.05) is 60.7 Å². The molecule has 5 nitrogen and oxygen atoms in total. The normalized spacial score (nSPS) is 17.1. The second-order valence-electron chi connectivity index (χ2n) is 7.44. The first-order chi connectivity index (χ1) is 13.8. The highest BCUT2D eigenvalue weighted by Crippen LogP contribution is 2.29. The molecule has 0 aliphatic carbocycles. The number of hydrogen-bond acceptors (Lipinski definition) is 4. The molecular formula is C23H28N4O. The molecule has 146 valence electrons. The predicted octanol–water partition coefficient (Wildman–Crippen LogP) is 2.65. The van der Waals surface area contributed by atoms with Gasteiger partial charge in [-0.25, -0.2) is 0 Å². The summed E-state index contributed by atoms with van der Waals surface area (Å²) in [4.78, 5) is 4.92. The Morgan fingerprint density at radius 1 is 0.786 bits per heavy atom. The van der Waals surface area contributed by atoms with E-state index in [1.165, 1.54) is 11.1 Å². The van der Waals surface area contributed by atoms with E-state index in [-0.39, 0.29) is 6.04 Å². The van der Waals surface area contributed by atoms with Crippen LogP contribution in [-0.2, 0) is 6.54 Å². The minimum atomic E-state index is -0.398. The molecule has 0 bridgehead atoms. The van der Waals surface area contributed by atoms with Crippen molar-refractivity contribution in [1.29, 1.82) is 0 Å². The maximum absolute atomic E-state index is 10.4. The average molecular weight is 377 g/mol. The maximum atomic E-state index is 10.4. The van der Waals surface area contributed by atoms with Crippen molar-refractivity contribution in [3.63, 3.8) is 0 Å². The summed E-state index contributed by atoms with van der Waals surface area (Å²) in [5, 5.41) is 14.6. The summed E-state index contributed by atoms with van der Waals surface area (Å²) in [5.74, 6) is 0. The standard InChI is InChI=1S/C23H28N4O/c28-22(19-27-13-7-12-24-27)18-25-14-16-26(17-15-25)23(20-8-3-1-4-9-20)21-10-5-2-6-11-21/h1-13,22-23,28H,14-19H2. The molecule has 0 amide bonds. The Morgan fingerprint density at radius 3 is 1.93 bits per heavy atom. The van der Waals surface area contributed by atoms with E-state index in [0.717, 1.165) is 26.2 Å². The lowest BCUT2D eigenvalue weighted by molar-refractivity contribution is 0.0541. The third-order valence-corrected chi connectivity index (χ3v) is 5.43. The number of hydrogen-bond donors (Lipinski definition) is 1. The molecule has 2 aromatic carbocycles. The van der Waals surface area contributed by atoms with Gasteiger partial charge in [0.2, 0.25) is 0 Å². The lowest BCUT2D eigenvalue weighted by Crippen LogP contribution is -2.50. The van der Waals surface area contributed by atoms with Crippen molar-refractivity contribution in [3.05, 3.63) is 90.3 Å². The molecule has 0 spiro atoms. The molecule has 1 unspecified atom stereocenters. The average Bonchev–Trinajstić information content (AvgIpc) is 3.24. The quantitative estimate of drug-likeness (QED) is 0.689. The molecule has 1 atom stereocenters. The Hall–Kier alpha value is -2.47. The highest BCUT2D eigenvalue weighted by molar-refractivity contribution is 5.31. The van der Waals surface area contributed by atoms with Gasteiger partial charge >= 0.3 is 0 Å². The highest BCUT2D eigenvalue weighted by Gasteiger charge is 2.27. The van der Waals surface area contributed by atoms with Crippen LogP contribution in [0, 0.1) is 0 Å². The molecule has 1 aliphatic heterocycles. The fourth-order valence-electron chi connectivity index (χ4n) is 4.07. The summed E-state index contributed by atoms with van der Waals surface area (Å²) in [6.45, 7) is 5.14. The number of piperazine rings is 1. The molecule has 1 saturated heterocycles. The molecular weight excluding hydrogens is 348 g/mol. The van der Waals surface area contributed by atoms with E-state index in [0.29, 0.717) is 13.1 Å². The van der Waals surface area contributed by atoms with Crippen molar-refractivity contribution in [1.82, 2.24) is 19.6 Å². The molecule has 0 radical (unpaired) electrons. The van der Waals surface area contributed by atoms with Crippen LogP contribution in [0.15, 0.2) is 79.1 Å². The number of aliphatic hydroxyl groups excluding tert-OH is 1. The summed E-state index contributed by atoms with van der Waals surface area (Å²) in [6.07, 6.45) is 3.25. The van der Waals surface area contributed by atoms with Gasteiger partial charge in [-0.05, 0) is 17.2 Å². The Bertz CT molecular complexity index is 775. The molecule has 0 saturated carbocycles. The minimum Gasteiger partial charge on any atom is -0.390 e. The van der Waals surface area contributed by atoms with Gasteiger partial charge in [0.05, 0.1) is 18.7 Å². The van der Waals surface area contributed by atoms with Crippen LogP contribution in [0.25, 0.3) is 0 Å². The Labute approximate surface area is 166 Å². The Balaban J connectivity index is 1.39. The SMILES string of the molecule is OC(CN1CCN(C(c2ccccc2)c2ccccc2)CC1)Cn1cccn1. The van der Waals surface area contributed by atoms with Crippen LogP contribution in [0.4, 0.5) is 0 Å². The van der Waals surface area contributed by atoms with Crippen molar-refractivity contribution >= 4 is 0 Å². The molecule has 5 heteroatoms. The van der Waals surface area contributed by atoms with Gasteiger partial charge in [0.25, 0.3) is 0 Å². The zero-order chi connectivity index (χ0) is 19.2.